The third-order valence-electron chi connectivity index (χ3n) is 3.00. The Bertz CT molecular complexity index is 387. The molecular formula is C13H16FNO. The molecule has 3 heteroatoms. The fourth-order valence-corrected chi connectivity index (χ4v) is 1.79. The van der Waals surface area contributed by atoms with Gasteiger partial charge >= 0.3 is 0 Å². The summed E-state index contributed by atoms with van der Waals surface area (Å²) in [5, 5.41) is 0. The Hall–Kier alpha value is -1.38. The molecule has 16 heavy (non-hydrogen) atoms. The number of nitrogens with zero attached hydrogens (tertiary/aromatic N) is 1. The maximum atomic E-state index is 12.9. The lowest BCUT2D eigenvalue weighted by atomic mass is 10.1. The Labute approximate surface area is 95.1 Å². The van der Waals surface area contributed by atoms with Crippen LogP contribution in [0.1, 0.15) is 24.8 Å². The first-order valence-electron chi connectivity index (χ1n) is 5.67. The van der Waals surface area contributed by atoms with Crippen molar-refractivity contribution in [2.24, 2.45) is 0 Å². The van der Waals surface area contributed by atoms with Gasteiger partial charge in [0.2, 0.25) is 5.91 Å². The van der Waals surface area contributed by atoms with Gasteiger partial charge in [-0.15, -0.1) is 0 Å². The van der Waals surface area contributed by atoms with Crippen LogP contribution < -0.4 is 0 Å². The van der Waals surface area contributed by atoms with Gasteiger partial charge in [-0.25, -0.2) is 4.39 Å². The van der Waals surface area contributed by atoms with Crippen LogP contribution in [-0.2, 0) is 11.2 Å². The van der Waals surface area contributed by atoms with Crippen LogP contribution in [0.5, 0.6) is 0 Å². The molecule has 1 saturated carbocycles. The van der Waals surface area contributed by atoms with Gasteiger partial charge in [-0.05, 0) is 37.0 Å². The Balaban J connectivity index is 1.84. The summed E-state index contributed by atoms with van der Waals surface area (Å²) >= 11 is 0. The highest BCUT2D eigenvalue weighted by Crippen LogP contribution is 2.25. The van der Waals surface area contributed by atoms with Crippen LogP contribution in [0.3, 0.4) is 0 Å². The molecule has 0 atom stereocenters. The van der Waals surface area contributed by atoms with Crippen LogP contribution in [0.2, 0.25) is 0 Å². The molecular weight excluding hydrogens is 205 g/mol. The molecule has 1 amide bonds. The number of amides is 1. The lowest BCUT2D eigenvalue weighted by Crippen LogP contribution is -2.28. The minimum Gasteiger partial charge on any atom is -0.343 e. The maximum Gasteiger partial charge on any atom is 0.222 e. The summed E-state index contributed by atoms with van der Waals surface area (Å²) in [6.07, 6.45) is 3.34. The second kappa shape index (κ2) is 4.64. The monoisotopic (exact) mass is 221 g/mol. The summed E-state index contributed by atoms with van der Waals surface area (Å²) in [5.41, 5.74) is 0.887. The second-order valence-corrected chi connectivity index (χ2v) is 4.37. The van der Waals surface area contributed by atoms with Gasteiger partial charge in [0.25, 0.3) is 0 Å². The van der Waals surface area contributed by atoms with E-state index in [9.17, 15) is 9.18 Å². The van der Waals surface area contributed by atoms with Crippen LogP contribution in [0, 0.1) is 5.82 Å². The Morgan fingerprint density at radius 1 is 1.50 bits per heavy atom. The standard InChI is InChI=1S/C13H16FNO/c1-15(12-6-7-12)13(16)8-5-10-3-2-4-11(14)9-10/h2-4,9,12H,5-8H2,1H3. The van der Waals surface area contributed by atoms with E-state index in [2.05, 4.69) is 0 Å². The van der Waals surface area contributed by atoms with Gasteiger partial charge in [0, 0.05) is 19.5 Å². The summed E-state index contributed by atoms with van der Waals surface area (Å²) in [6.45, 7) is 0. The first kappa shape index (κ1) is 11.1. The average Bonchev–Trinajstić information content (AvgIpc) is 3.09. The summed E-state index contributed by atoms with van der Waals surface area (Å²) in [7, 11) is 1.85. The SMILES string of the molecule is CN(C(=O)CCc1cccc(F)c1)C1CC1. The van der Waals surface area contributed by atoms with Crippen molar-refractivity contribution in [3.8, 4) is 0 Å². The molecule has 0 spiro atoms. The summed E-state index contributed by atoms with van der Waals surface area (Å²) in [4.78, 5) is 13.5. The van der Waals surface area contributed by atoms with E-state index in [1.54, 1.807) is 6.07 Å². The van der Waals surface area contributed by atoms with Crippen molar-refractivity contribution in [2.75, 3.05) is 7.05 Å². The molecule has 1 aromatic rings. The van der Waals surface area contributed by atoms with Crippen LogP contribution >= 0.6 is 0 Å². The maximum absolute atomic E-state index is 12.9. The molecule has 0 aromatic heterocycles. The summed E-state index contributed by atoms with van der Waals surface area (Å²) in [6, 6.07) is 6.90. The number of benzene rings is 1. The molecule has 1 aliphatic carbocycles. The number of carbonyl (C=O) groups is 1. The van der Waals surface area contributed by atoms with Crippen molar-refractivity contribution in [2.45, 2.75) is 31.7 Å². The summed E-state index contributed by atoms with van der Waals surface area (Å²) in [5.74, 6) is -0.0766. The number of hydrogen-bond acceptors (Lipinski definition) is 1. The molecule has 0 saturated heterocycles. The number of carbonyl (C=O) groups excluding carboxylic acids is 1. The largest absolute Gasteiger partial charge is 0.343 e. The van der Waals surface area contributed by atoms with E-state index in [1.807, 2.05) is 18.0 Å². The van der Waals surface area contributed by atoms with Crippen molar-refractivity contribution < 1.29 is 9.18 Å². The molecule has 1 fully saturated rings. The molecule has 1 aromatic carbocycles. The molecule has 0 bridgehead atoms. The number of hydrogen-bond donors (Lipinski definition) is 0. The highest BCUT2D eigenvalue weighted by atomic mass is 19.1. The van der Waals surface area contributed by atoms with Crippen molar-refractivity contribution in [3.05, 3.63) is 35.6 Å². The second-order valence-electron chi connectivity index (χ2n) is 4.37. The van der Waals surface area contributed by atoms with Gasteiger partial charge in [0.1, 0.15) is 5.82 Å². The first-order valence-corrected chi connectivity index (χ1v) is 5.67. The number of aryl methyl sites for hydroxylation is 1. The number of rotatable bonds is 4. The lowest BCUT2D eigenvalue weighted by Gasteiger charge is -2.15. The third kappa shape index (κ3) is 2.81. The Kier molecular flexibility index (Phi) is 3.22. The third-order valence-corrected chi connectivity index (χ3v) is 3.00. The van der Waals surface area contributed by atoms with Crippen LogP contribution in [0.4, 0.5) is 4.39 Å². The Morgan fingerprint density at radius 3 is 2.88 bits per heavy atom. The van der Waals surface area contributed by atoms with E-state index in [0.717, 1.165) is 18.4 Å². The molecule has 0 radical (unpaired) electrons. The molecule has 1 aliphatic rings. The normalized spacial score (nSPS) is 14.9. The zero-order valence-corrected chi connectivity index (χ0v) is 9.45. The minimum atomic E-state index is -0.236. The van der Waals surface area contributed by atoms with Gasteiger partial charge in [0.05, 0.1) is 0 Å². The molecule has 0 heterocycles. The summed E-state index contributed by atoms with van der Waals surface area (Å²) < 4.78 is 12.9. The minimum absolute atomic E-state index is 0.159. The smallest absolute Gasteiger partial charge is 0.222 e. The average molecular weight is 221 g/mol. The number of halogens is 1. The van der Waals surface area contributed by atoms with Crippen molar-refractivity contribution in [3.63, 3.8) is 0 Å². The predicted octanol–water partition coefficient (Wildman–Crippen LogP) is 2.38. The van der Waals surface area contributed by atoms with Gasteiger partial charge < -0.3 is 4.90 Å². The van der Waals surface area contributed by atoms with Gasteiger partial charge in [-0.1, -0.05) is 12.1 Å². The van der Waals surface area contributed by atoms with Gasteiger partial charge in [0.15, 0.2) is 0 Å². The lowest BCUT2D eigenvalue weighted by molar-refractivity contribution is -0.130. The first-order chi connectivity index (χ1) is 7.66. The van der Waals surface area contributed by atoms with E-state index in [4.69, 9.17) is 0 Å². The van der Waals surface area contributed by atoms with E-state index < -0.39 is 0 Å². The van der Waals surface area contributed by atoms with E-state index in [-0.39, 0.29) is 11.7 Å². The van der Waals surface area contributed by atoms with Gasteiger partial charge in [-0.2, -0.15) is 0 Å². The zero-order chi connectivity index (χ0) is 11.5. The van der Waals surface area contributed by atoms with E-state index >= 15 is 0 Å². The van der Waals surface area contributed by atoms with Crippen LogP contribution in [0.15, 0.2) is 24.3 Å². The van der Waals surface area contributed by atoms with Crippen molar-refractivity contribution in [1.82, 2.24) is 4.90 Å². The molecule has 0 aliphatic heterocycles. The molecule has 0 N–H and O–H groups in total. The van der Waals surface area contributed by atoms with Crippen LogP contribution in [-0.4, -0.2) is 23.9 Å². The topological polar surface area (TPSA) is 20.3 Å². The van der Waals surface area contributed by atoms with Gasteiger partial charge in [-0.3, -0.25) is 4.79 Å². The molecule has 2 nitrogen and oxygen atoms in total. The fourth-order valence-electron chi connectivity index (χ4n) is 1.79. The van der Waals surface area contributed by atoms with Crippen molar-refractivity contribution >= 4 is 5.91 Å². The van der Waals surface area contributed by atoms with Crippen molar-refractivity contribution in [1.29, 1.82) is 0 Å². The highest BCUT2D eigenvalue weighted by Gasteiger charge is 2.28. The van der Waals surface area contributed by atoms with Crippen LogP contribution in [0.25, 0.3) is 0 Å². The van der Waals surface area contributed by atoms with E-state index in [0.29, 0.717) is 18.9 Å². The molecule has 86 valence electrons. The highest BCUT2D eigenvalue weighted by molar-refractivity contribution is 5.76. The fraction of sp³-hybridized carbons (Fsp3) is 0.462. The van der Waals surface area contributed by atoms with E-state index in [1.165, 1.54) is 12.1 Å². The Morgan fingerprint density at radius 2 is 2.25 bits per heavy atom. The quantitative estimate of drug-likeness (QED) is 0.764. The molecule has 0 unspecified atom stereocenters. The molecule has 2 rings (SSSR count). The zero-order valence-electron chi connectivity index (χ0n) is 9.45. The predicted molar refractivity (Wildman–Crippen MR) is 60.5 cm³/mol.